The number of nitrogens with one attached hydrogen (secondary N) is 1. The Kier molecular flexibility index (Phi) is 5.45. The lowest BCUT2D eigenvalue weighted by Gasteiger charge is -2.21. The first-order valence-corrected chi connectivity index (χ1v) is 9.00. The third-order valence-electron chi connectivity index (χ3n) is 2.88. The molecule has 104 valence electrons. The maximum atomic E-state index is 4.48. The van der Waals surface area contributed by atoms with E-state index in [4.69, 9.17) is 0 Å². The van der Waals surface area contributed by atoms with Crippen LogP contribution in [0.1, 0.15) is 44.1 Å². The lowest BCUT2D eigenvalue weighted by molar-refractivity contribution is 0.475. The third-order valence-corrected chi connectivity index (χ3v) is 5.30. The second-order valence-electron chi connectivity index (χ2n) is 4.59. The predicted molar refractivity (Wildman–Crippen MR) is 92.9 cm³/mol. The molecule has 0 bridgehead atoms. The van der Waals surface area contributed by atoms with Crippen molar-refractivity contribution in [3.8, 4) is 0 Å². The van der Waals surface area contributed by atoms with Gasteiger partial charge in [-0.2, -0.15) is 5.10 Å². The van der Waals surface area contributed by atoms with E-state index >= 15 is 0 Å². The molecule has 2 heterocycles. The van der Waals surface area contributed by atoms with Crippen molar-refractivity contribution in [2.45, 2.75) is 32.9 Å². The van der Waals surface area contributed by atoms with Gasteiger partial charge >= 0.3 is 0 Å². The van der Waals surface area contributed by atoms with Crippen LogP contribution in [0, 0.1) is 2.88 Å². The molecule has 19 heavy (non-hydrogen) atoms. The molecule has 0 aliphatic rings. The van der Waals surface area contributed by atoms with Gasteiger partial charge in [0.1, 0.15) is 0 Å². The summed E-state index contributed by atoms with van der Waals surface area (Å²) in [5.74, 6) is 0. The van der Waals surface area contributed by atoms with Crippen LogP contribution < -0.4 is 5.32 Å². The smallest absolute Gasteiger partial charge is 0.0768 e. The SMILES string of the molecule is CCNC(c1csc(I)c1)c1c(Br)cnn1C(C)C. The summed E-state index contributed by atoms with van der Waals surface area (Å²) in [4.78, 5) is 0. The number of hydrogen-bond donors (Lipinski definition) is 1. The highest BCUT2D eigenvalue weighted by Gasteiger charge is 2.23. The van der Waals surface area contributed by atoms with Crippen LogP contribution in [0.3, 0.4) is 0 Å². The van der Waals surface area contributed by atoms with Gasteiger partial charge in [0, 0.05) is 6.04 Å². The number of rotatable bonds is 5. The predicted octanol–water partition coefficient (Wildman–Crippen LogP) is 4.59. The summed E-state index contributed by atoms with van der Waals surface area (Å²) in [6, 6.07) is 2.77. The second-order valence-corrected chi connectivity index (χ2v) is 8.25. The molecule has 0 saturated carbocycles. The van der Waals surface area contributed by atoms with E-state index in [1.807, 2.05) is 6.20 Å². The molecule has 0 aliphatic heterocycles. The monoisotopic (exact) mass is 453 g/mol. The first kappa shape index (κ1) is 15.5. The molecule has 0 spiro atoms. The molecule has 1 unspecified atom stereocenters. The Labute approximate surface area is 140 Å². The van der Waals surface area contributed by atoms with Crippen molar-refractivity contribution < 1.29 is 0 Å². The summed E-state index contributed by atoms with van der Waals surface area (Å²) < 4.78 is 4.46. The minimum Gasteiger partial charge on any atom is -0.305 e. The molecule has 2 aromatic rings. The molecule has 6 heteroatoms. The van der Waals surface area contributed by atoms with Gasteiger partial charge in [0.05, 0.1) is 25.3 Å². The summed E-state index contributed by atoms with van der Waals surface area (Å²) in [5.41, 5.74) is 2.51. The molecule has 2 rings (SSSR count). The fraction of sp³-hybridized carbons (Fsp3) is 0.462. The van der Waals surface area contributed by atoms with E-state index in [1.54, 1.807) is 11.3 Å². The second kappa shape index (κ2) is 6.69. The van der Waals surface area contributed by atoms with Crippen molar-refractivity contribution in [1.29, 1.82) is 0 Å². The average molecular weight is 454 g/mol. The fourth-order valence-electron chi connectivity index (χ4n) is 2.08. The first-order chi connectivity index (χ1) is 9.04. The topological polar surface area (TPSA) is 29.9 Å². The van der Waals surface area contributed by atoms with Crippen LogP contribution in [0.25, 0.3) is 0 Å². The molecule has 2 aromatic heterocycles. The Balaban J connectivity index is 2.47. The minimum atomic E-state index is 0.184. The van der Waals surface area contributed by atoms with Gasteiger partial charge in [-0.25, -0.2) is 0 Å². The zero-order chi connectivity index (χ0) is 14.0. The highest BCUT2D eigenvalue weighted by Crippen LogP contribution is 2.32. The van der Waals surface area contributed by atoms with Gasteiger partial charge in [-0.3, -0.25) is 4.68 Å². The summed E-state index contributed by atoms with van der Waals surface area (Å²) >= 11 is 7.78. The van der Waals surface area contributed by atoms with Gasteiger partial charge in [0.15, 0.2) is 0 Å². The molecule has 0 aliphatic carbocycles. The third kappa shape index (κ3) is 3.40. The van der Waals surface area contributed by atoms with E-state index in [-0.39, 0.29) is 6.04 Å². The fourth-order valence-corrected chi connectivity index (χ4v) is 3.98. The Morgan fingerprint density at radius 3 is 2.79 bits per heavy atom. The molecular weight excluding hydrogens is 437 g/mol. The van der Waals surface area contributed by atoms with Crippen molar-refractivity contribution in [1.82, 2.24) is 15.1 Å². The van der Waals surface area contributed by atoms with Crippen molar-refractivity contribution in [3.05, 3.63) is 36.3 Å². The van der Waals surface area contributed by atoms with Crippen LogP contribution in [-0.4, -0.2) is 16.3 Å². The highest BCUT2D eigenvalue weighted by molar-refractivity contribution is 14.1. The van der Waals surface area contributed by atoms with Gasteiger partial charge < -0.3 is 5.32 Å². The van der Waals surface area contributed by atoms with Gasteiger partial charge in [-0.1, -0.05) is 6.92 Å². The van der Waals surface area contributed by atoms with E-state index in [2.05, 4.69) is 85.8 Å². The normalized spacial score (nSPS) is 13.2. The number of aromatic nitrogens is 2. The summed E-state index contributed by atoms with van der Waals surface area (Å²) in [5, 5.41) is 10.3. The van der Waals surface area contributed by atoms with Crippen LogP contribution >= 0.6 is 49.9 Å². The largest absolute Gasteiger partial charge is 0.305 e. The molecule has 1 N–H and O–H groups in total. The van der Waals surface area contributed by atoms with Gasteiger partial charge in [0.2, 0.25) is 0 Å². The van der Waals surface area contributed by atoms with Crippen LogP contribution in [0.5, 0.6) is 0 Å². The number of hydrogen-bond acceptors (Lipinski definition) is 3. The molecule has 0 amide bonds. The quantitative estimate of drug-likeness (QED) is 0.671. The van der Waals surface area contributed by atoms with Crippen molar-refractivity contribution in [2.75, 3.05) is 6.54 Å². The minimum absolute atomic E-state index is 0.184. The molecular formula is C13H17BrIN3S. The Bertz CT molecular complexity index is 550. The highest BCUT2D eigenvalue weighted by atomic mass is 127. The van der Waals surface area contributed by atoms with Crippen LogP contribution in [0.4, 0.5) is 0 Å². The molecule has 1 atom stereocenters. The molecule has 0 aromatic carbocycles. The van der Waals surface area contributed by atoms with Gasteiger partial charge in [0.25, 0.3) is 0 Å². The maximum absolute atomic E-state index is 4.48. The lowest BCUT2D eigenvalue weighted by Crippen LogP contribution is -2.25. The van der Waals surface area contributed by atoms with Gasteiger partial charge in [-0.05, 0) is 75.9 Å². The first-order valence-electron chi connectivity index (χ1n) is 6.24. The standard InChI is InChI=1S/C13H17BrIN3S/c1-4-16-12(9-5-11(15)19-7-9)13-10(14)6-17-18(13)8(2)3/h5-8,12,16H,4H2,1-3H3. The number of halogens is 2. The van der Waals surface area contributed by atoms with E-state index < -0.39 is 0 Å². The summed E-state index contributed by atoms with van der Waals surface area (Å²) in [7, 11) is 0. The Morgan fingerprint density at radius 2 is 2.26 bits per heavy atom. The van der Waals surface area contributed by atoms with E-state index in [0.717, 1.165) is 11.0 Å². The molecule has 0 saturated heterocycles. The summed E-state index contributed by atoms with van der Waals surface area (Å²) in [6.45, 7) is 7.37. The maximum Gasteiger partial charge on any atom is 0.0768 e. The average Bonchev–Trinajstić information content (AvgIpc) is 2.93. The number of nitrogens with zero attached hydrogens (tertiary/aromatic N) is 2. The Hall–Kier alpha value is 0.0800. The van der Waals surface area contributed by atoms with E-state index in [1.165, 1.54) is 14.1 Å². The van der Waals surface area contributed by atoms with Crippen LogP contribution in [-0.2, 0) is 0 Å². The molecule has 0 fully saturated rings. The lowest BCUT2D eigenvalue weighted by atomic mass is 10.1. The molecule has 0 radical (unpaired) electrons. The van der Waals surface area contributed by atoms with Gasteiger partial charge in [-0.15, -0.1) is 11.3 Å². The Morgan fingerprint density at radius 1 is 1.53 bits per heavy atom. The van der Waals surface area contributed by atoms with E-state index in [0.29, 0.717) is 6.04 Å². The van der Waals surface area contributed by atoms with Crippen molar-refractivity contribution >= 4 is 49.9 Å². The molecule has 3 nitrogen and oxygen atoms in total. The zero-order valence-corrected chi connectivity index (χ0v) is 15.7. The zero-order valence-electron chi connectivity index (χ0n) is 11.2. The summed E-state index contributed by atoms with van der Waals surface area (Å²) in [6.07, 6.45) is 1.89. The van der Waals surface area contributed by atoms with E-state index in [9.17, 15) is 0 Å². The number of thiophene rings is 1. The van der Waals surface area contributed by atoms with Crippen molar-refractivity contribution in [3.63, 3.8) is 0 Å². The van der Waals surface area contributed by atoms with Crippen molar-refractivity contribution in [2.24, 2.45) is 0 Å². The van der Waals surface area contributed by atoms with Crippen LogP contribution in [0.15, 0.2) is 22.1 Å². The van der Waals surface area contributed by atoms with Crippen LogP contribution in [0.2, 0.25) is 0 Å².